The summed E-state index contributed by atoms with van der Waals surface area (Å²) in [5.74, 6) is 0. The van der Waals surface area contributed by atoms with Gasteiger partial charge in [0.1, 0.15) is 4.90 Å². The van der Waals surface area contributed by atoms with Gasteiger partial charge in [0.05, 0.1) is 0 Å². The fraction of sp³-hybridized carbons (Fsp3) is 0.583. The lowest BCUT2D eigenvalue weighted by Crippen LogP contribution is -2.44. The molecule has 1 saturated heterocycles. The Balaban J connectivity index is 0.00000180. The van der Waals surface area contributed by atoms with Crippen LogP contribution >= 0.6 is 12.4 Å². The SMILES string of the molecule is Cl.NCCC1CCCCN1S(=O)(=O)c1cccnc1. The predicted molar refractivity (Wildman–Crippen MR) is 76.7 cm³/mol. The van der Waals surface area contributed by atoms with Crippen molar-refractivity contribution < 1.29 is 8.42 Å². The molecule has 1 fully saturated rings. The van der Waals surface area contributed by atoms with Crippen molar-refractivity contribution in [3.05, 3.63) is 24.5 Å². The van der Waals surface area contributed by atoms with Crippen LogP contribution in [-0.2, 0) is 10.0 Å². The first-order valence-corrected chi connectivity index (χ1v) is 7.72. The molecular formula is C12H20ClN3O2S. The maximum Gasteiger partial charge on any atom is 0.244 e. The van der Waals surface area contributed by atoms with Gasteiger partial charge in [0.25, 0.3) is 0 Å². The zero-order valence-electron chi connectivity index (χ0n) is 10.7. The average molecular weight is 306 g/mol. The molecule has 1 aromatic heterocycles. The van der Waals surface area contributed by atoms with Crippen LogP contribution in [0.5, 0.6) is 0 Å². The Bertz CT molecular complexity index is 479. The third kappa shape index (κ3) is 3.66. The molecule has 0 aliphatic carbocycles. The molecule has 0 radical (unpaired) electrons. The molecule has 19 heavy (non-hydrogen) atoms. The van der Waals surface area contributed by atoms with Crippen LogP contribution in [0.3, 0.4) is 0 Å². The highest BCUT2D eigenvalue weighted by Crippen LogP contribution is 2.26. The predicted octanol–water partition coefficient (Wildman–Crippen LogP) is 1.40. The van der Waals surface area contributed by atoms with Crippen molar-refractivity contribution in [2.75, 3.05) is 13.1 Å². The number of rotatable bonds is 4. The lowest BCUT2D eigenvalue weighted by Gasteiger charge is -2.34. The standard InChI is InChI=1S/C12H19N3O2S.ClH/c13-7-6-11-4-1-2-9-15(11)18(16,17)12-5-3-8-14-10-12;/h3,5,8,10-11H,1-2,4,6-7,9,13H2;1H. The Morgan fingerprint density at radius 1 is 1.42 bits per heavy atom. The van der Waals surface area contributed by atoms with E-state index in [0.717, 1.165) is 25.7 Å². The molecule has 0 saturated carbocycles. The van der Waals surface area contributed by atoms with E-state index in [-0.39, 0.29) is 23.3 Å². The van der Waals surface area contributed by atoms with Crippen molar-refractivity contribution in [3.8, 4) is 0 Å². The Labute approximate surface area is 120 Å². The molecule has 2 rings (SSSR count). The van der Waals surface area contributed by atoms with Crippen molar-refractivity contribution >= 4 is 22.4 Å². The number of hydrogen-bond acceptors (Lipinski definition) is 4. The quantitative estimate of drug-likeness (QED) is 0.912. The van der Waals surface area contributed by atoms with Gasteiger partial charge in [0, 0.05) is 25.0 Å². The van der Waals surface area contributed by atoms with Crippen molar-refractivity contribution in [1.82, 2.24) is 9.29 Å². The molecular weight excluding hydrogens is 286 g/mol. The number of pyridine rings is 1. The van der Waals surface area contributed by atoms with Gasteiger partial charge in [-0.05, 0) is 37.9 Å². The summed E-state index contributed by atoms with van der Waals surface area (Å²) in [4.78, 5) is 4.16. The highest BCUT2D eigenvalue weighted by atomic mass is 35.5. The Morgan fingerprint density at radius 2 is 2.21 bits per heavy atom. The number of aromatic nitrogens is 1. The molecule has 1 aliphatic heterocycles. The van der Waals surface area contributed by atoms with Gasteiger partial charge in [-0.25, -0.2) is 8.42 Å². The Kier molecular flexibility index (Phi) is 6.19. The van der Waals surface area contributed by atoms with E-state index in [1.165, 1.54) is 6.20 Å². The number of halogens is 1. The molecule has 5 nitrogen and oxygen atoms in total. The monoisotopic (exact) mass is 305 g/mol. The summed E-state index contributed by atoms with van der Waals surface area (Å²) in [6.45, 7) is 1.10. The zero-order valence-corrected chi connectivity index (χ0v) is 12.4. The van der Waals surface area contributed by atoms with Gasteiger partial charge >= 0.3 is 0 Å². The lowest BCUT2D eigenvalue weighted by atomic mass is 10.0. The molecule has 0 aromatic carbocycles. The lowest BCUT2D eigenvalue weighted by molar-refractivity contribution is 0.243. The smallest absolute Gasteiger partial charge is 0.244 e. The van der Waals surface area contributed by atoms with Crippen LogP contribution in [0, 0.1) is 0 Å². The second-order valence-corrected chi connectivity index (χ2v) is 6.42. The van der Waals surface area contributed by atoms with Crippen LogP contribution in [0.1, 0.15) is 25.7 Å². The first kappa shape index (κ1) is 16.4. The second-order valence-electron chi connectivity index (χ2n) is 4.53. The van der Waals surface area contributed by atoms with Crippen LogP contribution < -0.4 is 5.73 Å². The van der Waals surface area contributed by atoms with Gasteiger partial charge in [0.15, 0.2) is 0 Å². The fourth-order valence-corrected chi connectivity index (χ4v) is 4.09. The van der Waals surface area contributed by atoms with Gasteiger partial charge in [0.2, 0.25) is 10.0 Å². The molecule has 7 heteroatoms. The van der Waals surface area contributed by atoms with Gasteiger partial charge in [-0.3, -0.25) is 4.98 Å². The van der Waals surface area contributed by atoms with Crippen LogP contribution in [-0.4, -0.2) is 36.8 Å². The number of hydrogen-bond donors (Lipinski definition) is 1. The third-order valence-electron chi connectivity index (χ3n) is 3.31. The summed E-state index contributed by atoms with van der Waals surface area (Å²) in [6.07, 6.45) is 6.59. The summed E-state index contributed by atoms with van der Waals surface area (Å²) in [7, 11) is -3.42. The van der Waals surface area contributed by atoms with Gasteiger partial charge < -0.3 is 5.73 Å². The first-order valence-electron chi connectivity index (χ1n) is 6.28. The molecule has 1 aliphatic rings. The molecule has 2 heterocycles. The largest absolute Gasteiger partial charge is 0.330 e. The van der Waals surface area contributed by atoms with E-state index < -0.39 is 10.0 Å². The molecule has 0 spiro atoms. The fourth-order valence-electron chi connectivity index (χ4n) is 2.41. The average Bonchev–Trinajstić information content (AvgIpc) is 2.41. The minimum atomic E-state index is -3.42. The van der Waals surface area contributed by atoms with Crippen LogP contribution in [0.4, 0.5) is 0 Å². The second kappa shape index (κ2) is 7.19. The van der Waals surface area contributed by atoms with E-state index >= 15 is 0 Å². The summed E-state index contributed by atoms with van der Waals surface area (Å²) in [5, 5.41) is 0. The number of piperidine rings is 1. The summed E-state index contributed by atoms with van der Waals surface area (Å²) in [5.41, 5.74) is 5.57. The van der Waals surface area contributed by atoms with E-state index in [4.69, 9.17) is 5.73 Å². The molecule has 2 N–H and O–H groups in total. The van der Waals surface area contributed by atoms with Crippen LogP contribution in [0.2, 0.25) is 0 Å². The van der Waals surface area contributed by atoms with E-state index in [1.807, 2.05) is 0 Å². The number of nitrogens with zero attached hydrogens (tertiary/aromatic N) is 2. The van der Waals surface area contributed by atoms with E-state index in [9.17, 15) is 8.42 Å². The first-order chi connectivity index (χ1) is 8.66. The number of nitrogens with two attached hydrogens (primary N) is 1. The minimum Gasteiger partial charge on any atom is -0.330 e. The highest BCUT2D eigenvalue weighted by molar-refractivity contribution is 7.89. The van der Waals surface area contributed by atoms with Crippen molar-refractivity contribution in [2.45, 2.75) is 36.6 Å². The summed E-state index contributed by atoms with van der Waals surface area (Å²) in [6, 6.07) is 3.28. The van der Waals surface area contributed by atoms with Crippen LogP contribution in [0.25, 0.3) is 0 Å². The molecule has 0 amide bonds. The van der Waals surface area contributed by atoms with E-state index in [1.54, 1.807) is 22.6 Å². The Morgan fingerprint density at radius 3 is 2.84 bits per heavy atom. The van der Waals surface area contributed by atoms with Gasteiger partial charge in [-0.2, -0.15) is 4.31 Å². The summed E-state index contributed by atoms with van der Waals surface area (Å²) < 4.78 is 26.6. The van der Waals surface area contributed by atoms with E-state index in [2.05, 4.69) is 4.98 Å². The van der Waals surface area contributed by atoms with Gasteiger partial charge in [-0.15, -0.1) is 12.4 Å². The van der Waals surface area contributed by atoms with E-state index in [0.29, 0.717) is 13.1 Å². The third-order valence-corrected chi connectivity index (χ3v) is 5.25. The maximum absolute atomic E-state index is 12.5. The summed E-state index contributed by atoms with van der Waals surface area (Å²) >= 11 is 0. The molecule has 1 unspecified atom stereocenters. The van der Waals surface area contributed by atoms with Crippen molar-refractivity contribution in [3.63, 3.8) is 0 Å². The maximum atomic E-state index is 12.5. The molecule has 1 aromatic rings. The minimum absolute atomic E-state index is 0. The molecule has 0 bridgehead atoms. The molecule has 1 atom stereocenters. The van der Waals surface area contributed by atoms with Crippen LogP contribution in [0.15, 0.2) is 29.4 Å². The zero-order chi connectivity index (χ0) is 13.0. The normalized spacial score (nSPS) is 20.8. The van der Waals surface area contributed by atoms with Gasteiger partial charge in [-0.1, -0.05) is 6.42 Å². The van der Waals surface area contributed by atoms with Crippen molar-refractivity contribution in [2.24, 2.45) is 5.73 Å². The number of sulfonamides is 1. The topological polar surface area (TPSA) is 76.3 Å². The van der Waals surface area contributed by atoms with Crippen molar-refractivity contribution in [1.29, 1.82) is 0 Å². The highest BCUT2D eigenvalue weighted by Gasteiger charge is 2.32. The molecule has 108 valence electrons. The Hall–Kier alpha value is -0.690.